The van der Waals surface area contributed by atoms with E-state index in [4.69, 9.17) is 0 Å². The Hall–Kier alpha value is -2.73. The molecule has 3 rings (SSSR count). The lowest BCUT2D eigenvalue weighted by molar-refractivity contribution is -0.116. The first kappa shape index (κ1) is 18.1. The lowest BCUT2D eigenvalue weighted by atomic mass is 10.2. The van der Waals surface area contributed by atoms with Crippen molar-refractivity contribution in [2.45, 2.75) is 19.9 Å². The quantitative estimate of drug-likeness (QED) is 0.499. The summed E-state index contributed by atoms with van der Waals surface area (Å²) in [6.07, 6.45) is 7.97. The average molecular weight is 369 g/mol. The van der Waals surface area contributed by atoms with Gasteiger partial charge in [-0.25, -0.2) is 4.39 Å². The van der Waals surface area contributed by atoms with Crippen molar-refractivity contribution in [2.75, 3.05) is 6.54 Å². The Morgan fingerprint density at radius 3 is 2.81 bits per heavy atom. The Balaban J connectivity index is 1.45. The smallest absolute Gasteiger partial charge is 0.244 e. The molecular formula is C20H20FN3OS. The molecule has 0 aliphatic rings. The molecular weight excluding hydrogens is 349 g/mol. The van der Waals surface area contributed by atoms with Crippen molar-refractivity contribution in [3.63, 3.8) is 0 Å². The third-order valence-corrected chi connectivity index (χ3v) is 4.88. The van der Waals surface area contributed by atoms with Crippen molar-refractivity contribution in [1.29, 1.82) is 0 Å². The number of hydrogen-bond acceptors (Lipinski definition) is 3. The topological polar surface area (TPSA) is 46.9 Å². The van der Waals surface area contributed by atoms with Gasteiger partial charge in [-0.2, -0.15) is 5.10 Å². The minimum absolute atomic E-state index is 0.113. The summed E-state index contributed by atoms with van der Waals surface area (Å²) < 4.78 is 14.9. The van der Waals surface area contributed by atoms with E-state index >= 15 is 0 Å². The van der Waals surface area contributed by atoms with Crippen molar-refractivity contribution in [3.05, 3.63) is 71.1 Å². The maximum atomic E-state index is 13.0. The molecule has 1 N–H and O–H groups in total. The van der Waals surface area contributed by atoms with Crippen LogP contribution in [0, 0.1) is 12.7 Å². The molecule has 0 atom stereocenters. The molecule has 0 aliphatic heterocycles. The zero-order chi connectivity index (χ0) is 18.4. The highest BCUT2D eigenvalue weighted by molar-refractivity contribution is 7.16. The summed E-state index contributed by atoms with van der Waals surface area (Å²) in [6, 6.07) is 10.3. The van der Waals surface area contributed by atoms with Crippen LogP contribution in [-0.2, 0) is 11.3 Å². The lowest BCUT2D eigenvalue weighted by Crippen LogP contribution is -2.23. The third-order valence-electron chi connectivity index (χ3n) is 3.78. The number of rotatable bonds is 7. The minimum Gasteiger partial charge on any atom is -0.352 e. The summed E-state index contributed by atoms with van der Waals surface area (Å²) in [6.45, 7) is 3.39. The monoisotopic (exact) mass is 369 g/mol. The normalized spacial score (nSPS) is 11.2. The van der Waals surface area contributed by atoms with E-state index in [1.165, 1.54) is 12.1 Å². The van der Waals surface area contributed by atoms with Gasteiger partial charge in [0.25, 0.3) is 0 Å². The van der Waals surface area contributed by atoms with Gasteiger partial charge in [0.2, 0.25) is 5.91 Å². The number of aromatic nitrogens is 2. The number of aryl methyl sites for hydroxylation is 2. The van der Waals surface area contributed by atoms with Gasteiger partial charge in [0.1, 0.15) is 5.82 Å². The van der Waals surface area contributed by atoms with Gasteiger partial charge in [0, 0.05) is 35.1 Å². The fourth-order valence-electron chi connectivity index (χ4n) is 2.47. The van der Waals surface area contributed by atoms with E-state index in [9.17, 15) is 9.18 Å². The summed E-state index contributed by atoms with van der Waals surface area (Å²) in [4.78, 5) is 13.9. The van der Waals surface area contributed by atoms with Gasteiger partial charge in [-0.15, -0.1) is 11.3 Å². The summed E-state index contributed by atoms with van der Waals surface area (Å²) in [7, 11) is 0. The second-order valence-electron chi connectivity index (χ2n) is 5.97. The van der Waals surface area contributed by atoms with Crippen molar-refractivity contribution in [3.8, 4) is 10.4 Å². The molecule has 4 nitrogen and oxygen atoms in total. The van der Waals surface area contributed by atoms with Crippen molar-refractivity contribution < 1.29 is 9.18 Å². The highest BCUT2D eigenvalue weighted by atomic mass is 32.1. The molecule has 26 heavy (non-hydrogen) atoms. The van der Waals surface area contributed by atoms with E-state index < -0.39 is 0 Å². The van der Waals surface area contributed by atoms with Crippen LogP contribution >= 0.6 is 11.3 Å². The first-order valence-corrected chi connectivity index (χ1v) is 9.22. The predicted molar refractivity (Wildman–Crippen MR) is 103 cm³/mol. The van der Waals surface area contributed by atoms with E-state index in [0.717, 1.165) is 33.8 Å². The Morgan fingerprint density at radius 1 is 1.27 bits per heavy atom. The van der Waals surface area contributed by atoms with Crippen molar-refractivity contribution in [2.24, 2.45) is 0 Å². The molecule has 0 aliphatic carbocycles. The number of hydrogen-bond donors (Lipinski definition) is 1. The van der Waals surface area contributed by atoms with E-state index in [1.54, 1.807) is 35.6 Å². The first-order valence-electron chi connectivity index (χ1n) is 8.41. The number of thiophene rings is 1. The molecule has 0 unspecified atom stereocenters. The zero-order valence-corrected chi connectivity index (χ0v) is 15.3. The van der Waals surface area contributed by atoms with Crippen LogP contribution in [0.4, 0.5) is 4.39 Å². The second kappa shape index (κ2) is 8.58. The van der Waals surface area contributed by atoms with Gasteiger partial charge in [0.05, 0.1) is 6.20 Å². The average Bonchev–Trinajstić information content (AvgIpc) is 3.27. The number of halogens is 1. The number of benzene rings is 1. The number of nitrogens with one attached hydrogen (secondary N) is 1. The molecule has 0 saturated heterocycles. The fourth-order valence-corrected chi connectivity index (χ4v) is 3.39. The van der Waals surface area contributed by atoms with Gasteiger partial charge in [-0.3, -0.25) is 9.48 Å². The van der Waals surface area contributed by atoms with Gasteiger partial charge in [-0.05, 0) is 54.8 Å². The second-order valence-corrected chi connectivity index (χ2v) is 7.08. The maximum absolute atomic E-state index is 13.0. The summed E-state index contributed by atoms with van der Waals surface area (Å²) in [5.41, 5.74) is 2.10. The van der Waals surface area contributed by atoms with Crippen molar-refractivity contribution in [1.82, 2.24) is 15.1 Å². The molecule has 1 aromatic carbocycles. The third kappa shape index (κ3) is 5.13. The van der Waals surface area contributed by atoms with E-state index in [1.807, 2.05) is 36.1 Å². The Morgan fingerprint density at radius 2 is 2.08 bits per heavy atom. The predicted octanol–water partition coefficient (Wildman–Crippen LogP) is 4.28. The molecule has 0 saturated carbocycles. The summed E-state index contributed by atoms with van der Waals surface area (Å²) >= 11 is 1.56. The highest BCUT2D eigenvalue weighted by Gasteiger charge is 2.02. The number of carbonyl (C=O) groups excluding carboxylic acids is 1. The molecule has 1 amide bonds. The molecule has 6 heteroatoms. The van der Waals surface area contributed by atoms with Crippen LogP contribution in [-0.4, -0.2) is 22.2 Å². The standard InChI is InChI=1S/C20H20FN3OS/c1-15-13-23-24(14-15)12-2-11-22-20(25)10-8-18-7-9-19(26-18)16-3-5-17(21)6-4-16/h3-10,13-14H,2,11-12H2,1H3,(H,22,25)/b10-8+. The number of amides is 1. The van der Waals surface area contributed by atoms with Crippen LogP contribution in [0.5, 0.6) is 0 Å². The zero-order valence-electron chi connectivity index (χ0n) is 14.5. The molecule has 0 radical (unpaired) electrons. The van der Waals surface area contributed by atoms with Crippen LogP contribution in [0.15, 0.2) is 54.9 Å². The number of carbonyl (C=O) groups is 1. The molecule has 0 bridgehead atoms. The number of nitrogens with zero attached hydrogens (tertiary/aromatic N) is 2. The highest BCUT2D eigenvalue weighted by Crippen LogP contribution is 2.28. The molecule has 0 fully saturated rings. The molecule has 134 valence electrons. The Bertz CT molecular complexity index is 896. The van der Waals surface area contributed by atoms with E-state index in [-0.39, 0.29) is 11.7 Å². The van der Waals surface area contributed by atoms with Crippen LogP contribution in [0.2, 0.25) is 0 Å². The Labute approximate surface area is 156 Å². The van der Waals surface area contributed by atoms with Gasteiger partial charge in [-0.1, -0.05) is 12.1 Å². The van der Waals surface area contributed by atoms with Gasteiger partial charge in [0.15, 0.2) is 0 Å². The van der Waals surface area contributed by atoms with Crippen molar-refractivity contribution >= 4 is 23.3 Å². The first-order chi connectivity index (χ1) is 12.6. The Kier molecular flexibility index (Phi) is 5.96. The van der Waals surface area contributed by atoms with E-state index in [0.29, 0.717) is 6.54 Å². The summed E-state index contributed by atoms with van der Waals surface area (Å²) in [5, 5.41) is 7.08. The SMILES string of the molecule is Cc1cnn(CCCNC(=O)/C=C/c2ccc(-c3ccc(F)cc3)s2)c1. The minimum atomic E-state index is -0.246. The largest absolute Gasteiger partial charge is 0.352 e. The van der Waals surface area contributed by atoms with Gasteiger partial charge < -0.3 is 5.32 Å². The maximum Gasteiger partial charge on any atom is 0.244 e. The molecule has 3 aromatic rings. The summed E-state index contributed by atoms with van der Waals surface area (Å²) in [5.74, 6) is -0.358. The van der Waals surface area contributed by atoms with Crippen LogP contribution in [0.25, 0.3) is 16.5 Å². The van der Waals surface area contributed by atoms with Gasteiger partial charge >= 0.3 is 0 Å². The fraction of sp³-hybridized carbons (Fsp3) is 0.200. The van der Waals surface area contributed by atoms with Crippen LogP contribution in [0.1, 0.15) is 16.9 Å². The van der Waals surface area contributed by atoms with E-state index in [2.05, 4.69) is 10.4 Å². The van der Waals surface area contributed by atoms with Crippen LogP contribution < -0.4 is 5.32 Å². The van der Waals surface area contributed by atoms with Crippen LogP contribution in [0.3, 0.4) is 0 Å². The lowest BCUT2D eigenvalue weighted by Gasteiger charge is -2.02. The molecule has 0 spiro atoms. The molecule has 2 heterocycles. The molecule has 2 aromatic heterocycles.